The van der Waals surface area contributed by atoms with E-state index >= 15 is 0 Å². The van der Waals surface area contributed by atoms with Crippen molar-refractivity contribution in [1.29, 1.82) is 0 Å². The summed E-state index contributed by atoms with van der Waals surface area (Å²) in [6, 6.07) is 1.95. The maximum Gasteiger partial charge on any atom is 0.223 e. The van der Waals surface area contributed by atoms with Crippen molar-refractivity contribution in [3.8, 4) is 0 Å². The van der Waals surface area contributed by atoms with E-state index < -0.39 is 0 Å². The zero-order valence-corrected chi connectivity index (χ0v) is 14.2. The molecule has 0 spiro atoms. The molecule has 0 aliphatic heterocycles. The van der Waals surface area contributed by atoms with Gasteiger partial charge in [-0.2, -0.15) is 0 Å². The number of aryl methyl sites for hydroxylation is 1. The van der Waals surface area contributed by atoms with Crippen molar-refractivity contribution < 1.29 is 8.98 Å². The van der Waals surface area contributed by atoms with Gasteiger partial charge in [0.15, 0.2) is 23.5 Å². The number of pyridine rings is 1. The number of rotatable bonds is 3. The number of hydrogen-bond acceptors (Lipinski definition) is 2. The average Bonchev–Trinajstić information content (AvgIpc) is 2.86. The lowest BCUT2D eigenvalue weighted by atomic mass is 9.75. The van der Waals surface area contributed by atoms with Crippen molar-refractivity contribution in [2.45, 2.75) is 26.7 Å². The van der Waals surface area contributed by atoms with Crippen LogP contribution >= 0.6 is 15.9 Å². The van der Waals surface area contributed by atoms with Gasteiger partial charge >= 0.3 is 0 Å². The minimum atomic E-state index is 0.678. The molecule has 0 amide bonds. The van der Waals surface area contributed by atoms with Crippen LogP contribution in [0.3, 0.4) is 0 Å². The zero-order valence-electron chi connectivity index (χ0n) is 12.6. The topological polar surface area (TPSA) is 29.9 Å². The third-order valence-electron chi connectivity index (χ3n) is 4.27. The highest BCUT2D eigenvalue weighted by Crippen LogP contribution is 2.41. The van der Waals surface area contributed by atoms with E-state index in [0.717, 1.165) is 22.6 Å². The molecule has 4 heteroatoms. The highest BCUT2D eigenvalue weighted by atomic mass is 79.9. The maximum absolute atomic E-state index is 5.80. The molecule has 110 valence electrons. The molecule has 2 atom stereocenters. The smallest absolute Gasteiger partial charge is 0.223 e. The SMILES string of the molecule is C/C(=C\C=C(\Br)C1CCC1C)c1nc2c[n+](C)ccc2o1. The number of allylic oxidation sites excluding steroid dienone is 4. The van der Waals surface area contributed by atoms with Crippen molar-refractivity contribution >= 4 is 32.6 Å². The van der Waals surface area contributed by atoms with Gasteiger partial charge in [0.2, 0.25) is 5.89 Å². The summed E-state index contributed by atoms with van der Waals surface area (Å²) in [5.74, 6) is 2.15. The first-order valence-corrected chi connectivity index (χ1v) is 8.14. The number of aromatic nitrogens is 2. The Morgan fingerprint density at radius 1 is 1.43 bits per heavy atom. The second-order valence-electron chi connectivity index (χ2n) is 5.94. The molecule has 2 heterocycles. The van der Waals surface area contributed by atoms with Crippen LogP contribution in [-0.2, 0) is 7.05 Å². The summed E-state index contributed by atoms with van der Waals surface area (Å²) in [7, 11) is 1.98. The second kappa shape index (κ2) is 5.76. The molecule has 21 heavy (non-hydrogen) atoms. The first kappa shape index (κ1) is 14.5. The molecule has 1 aliphatic carbocycles. The zero-order chi connectivity index (χ0) is 15.0. The molecule has 0 aromatic carbocycles. The molecule has 3 nitrogen and oxygen atoms in total. The van der Waals surface area contributed by atoms with Gasteiger partial charge in [0.25, 0.3) is 0 Å². The lowest BCUT2D eigenvalue weighted by Crippen LogP contribution is -2.25. The van der Waals surface area contributed by atoms with Gasteiger partial charge in [-0.05, 0) is 36.1 Å². The van der Waals surface area contributed by atoms with Gasteiger partial charge in [0.1, 0.15) is 7.05 Å². The Labute approximate surface area is 133 Å². The predicted octanol–water partition coefficient (Wildman–Crippen LogP) is 4.38. The predicted molar refractivity (Wildman–Crippen MR) is 87.7 cm³/mol. The number of fused-ring (bicyclic) bond motifs is 1. The minimum absolute atomic E-state index is 0.678. The van der Waals surface area contributed by atoms with Crippen molar-refractivity contribution in [3.63, 3.8) is 0 Å². The molecule has 0 saturated heterocycles. The summed E-state index contributed by atoms with van der Waals surface area (Å²) in [5, 5.41) is 0. The van der Waals surface area contributed by atoms with Crippen LogP contribution in [0.15, 0.2) is 39.5 Å². The highest BCUT2D eigenvalue weighted by Gasteiger charge is 2.28. The van der Waals surface area contributed by atoms with Gasteiger partial charge in [0, 0.05) is 11.6 Å². The Bertz CT molecular complexity index is 729. The van der Waals surface area contributed by atoms with Gasteiger partial charge in [-0.1, -0.05) is 35.0 Å². The summed E-state index contributed by atoms with van der Waals surface area (Å²) in [6.45, 7) is 4.34. The summed E-state index contributed by atoms with van der Waals surface area (Å²) < 4.78 is 9.06. The molecule has 2 unspecified atom stereocenters. The van der Waals surface area contributed by atoms with Crippen LogP contribution in [-0.4, -0.2) is 4.98 Å². The number of halogens is 1. The summed E-state index contributed by atoms with van der Waals surface area (Å²) >= 11 is 3.70. The molecular formula is C17H20BrN2O+. The van der Waals surface area contributed by atoms with Crippen LogP contribution in [0.4, 0.5) is 0 Å². The fraction of sp³-hybridized carbons (Fsp3) is 0.412. The Hall–Kier alpha value is -1.42. The molecule has 0 bridgehead atoms. The molecule has 2 aromatic heterocycles. The van der Waals surface area contributed by atoms with Crippen LogP contribution in [0.25, 0.3) is 16.7 Å². The lowest BCUT2D eigenvalue weighted by Gasteiger charge is -2.33. The van der Waals surface area contributed by atoms with Crippen LogP contribution in [0, 0.1) is 11.8 Å². The van der Waals surface area contributed by atoms with E-state index in [-0.39, 0.29) is 0 Å². The average molecular weight is 348 g/mol. The van der Waals surface area contributed by atoms with Gasteiger partial charge in [-0.25, -0.2) is 9.55 Å². The van der Waals surface area contributed by atoms with Gasteiger partial charge in [-0.3, -0.25) is 0 Å². The molecule has 1 aliphatic rings. The first-order chi connectivity index (χ1) is 10.0. The number of nitrogens with zero attached hydrogens (tertiary/aromatic N) is 2. The largest absolute Gasteiger partial charge is 0.436 e. The standard InChI is InChI=1S/C17H20BrN2O/c1-11-4-6-13(11)14(18)7-5-12(2)17-19-15-10-20(3)9-8-16(15)21-17/h5,7-11,13H,4,6H2,1-3H3/q+1/b12-5+,14-7+. The quantitative estimate of drug-likeness (QED) is 0.609. The van der Waals surface area contributed by atoms with E-state index in [1.54, 1.807) is 0 Å². The molecule has 1 fully saturated rings. The van der Waals surface area contributed by atoms with Gasteiger partial charge < -0.3 is 4.42 Å². The van der Waals surface area contributed by atoms with Crippen molar-refractivity contribution in [2.24, 2.45) is 18.9 Å². The van der Waals surface area contributed by atoms with E-state index in [4.69, 9.17) is 4.42 Å². The van der Waals surface area contributed by atoms with Crippen LogP contribution in [0.2, 0.25) is 0 Å². The maximum atomic E-state index is 5.80. The summed E-state index contributed by atoms with van der Waals surface area (Å²) in [6.07, 6.45) is 10.8. The molecule has 3 rings (SSSR count). The van der Waals surface area contributed by atoms with Crippen LogP contribution in [0.1, 0.15) is 32.6 Å². The molecular weight excluding hydrogens is 328 g/mol. The van der Waals surface area contributed by atoms with Crippen molar-refractivity contribution in [2.75, 3.05) is 0 Å². The van der Waals surface area contributed by atoms with Crippen LogP contribution in [0.5, 0.6) is 0 Å². The Kier molecular flexibility index (Phi) is 3.98. The van der Waals surface area contributed by atoms with E-state index in [0.29, 0.717) is 11.8 Å². The fourth-order valence-corrected chi connectivity index (χ4v) is 3.43. The summed E-state index contributed by atoms with van der Waals surface area (Å²) in [5.41, 5.74) is 2.75. The normalized spacial score (nSPS) is 23.4. The highest BCUT2D eigenvalue weighted by molar-refractivity contribution is 9.11. The third-order valence-corrected chi connectivity index (χ3v) is 5.12. The molecule has 0 radical (unpaired) electrons. The molecule has 1 saturated carbocycles. The van der Waals surface area contributed by atoms with Gasteiger partial charge in [-0.15, -0.1) is 0 Å². The second-order valence-corrected chi connectivity index (χ2v) is 6.86. The van der Waals surface area contributed by atoms with E-state index in [2.05, 4.69) is 40.0 Å². The Morgan fingerprint density at radius 2 is 2.24 bits per heavy atom. The van der Waals surface area contributed by atoms with Crippen LogP contribution < -0.4 is 4.57 Å². The first-order valence-electron chi connectivity index (χ1n) is 7.35. The number of oxazole rings is 1. The number of hydrogen-bond donors (Lipinski definition) is 0. The minimum Gasteiger partial charge on any atom is -0.436 e. The van der Waals surface area contributed by atoms with Crippen molar-refractivity contribution in [1.82, 2.24) is 4.98 Å². The monoisotopic (exact) mass is 347 g/mol. The molecule has 0 N–H and O–H groups in total. The lowest BCUT2D eigenvalue weighted by molar-refractivity contribution is -0.670. The van der Waals surface area contributed by atoms with E-state index in [1.807, 2.05) is 37.0 Å². The third kappa shape index (κ3) is 2.95. The summed E-state index contributed by atoms with van der Waals surface area (Å²) in [4.78, 5) is 4.55. The fourth-order valence-electron chi connectivity index (χ4n) is 2.62. The Morgan fingerprint density at radius 3 is 2.90 bits per heavy atom. The van der Waals surface area contributed by atoms with E-state index in [9.17, 15) is 0 Å². The van der Waals surface area contributed by atoms with E-state index in [1.165, 1.54) is 17.3 Å². The van der Waals surface area contributed by atoms with Crippen molar-refractivity contribution in [3.05, 3.63) is 41.0 Å². The Balaban J connectivity index is 1.84. The molecule has 2 aromatic rings. The van der Waals surface area contributed by atoms with Gasteiger partial charge in [0.05, 0.1) is 0 Å².